The number of benzene rings is 1. The quantitative estimate of drug-likeness (QED) is 0.866. The highest BCUT2D eigenvalue weighted by Gasteiger charge is 2.38. The van der Waals surface area contributed by atoms with E-state index >= 15 is 0 Å². The van der Waals surface area contributed by atoms with E-state index in [1.54, 1.807) is 0 Å². The highest BCUT2D eigenvalue weighted by molar-refractivity contribution is 9.10. The second-order valence-corrected chi connectivity index (χ2v) is 6.66. The van der Waals surface area contributed by atoms with Crippen LogP contribution >= 0.6 is 15.9 Å². The number of halogens is 2. The van der Waals surface area contributed by atoms with Crippen molar-refractivity contribution in [3.05, 3.63) is 34.1 Å². The Kier molecular flexibility index (Phi) is 4.12. The van der Waals surface area contributed by atoms with Gasteiger partial charge in [-0.25, -0.2) is 4.39 Å². The summed E-state index contributed by atoms with van der Waals surface area (Å²) in [5.74, 6) is 0.966. The molecule has 0 amide bonds. The molecule has 1 nitrogen and oxygen atoms in total. The predicted molar refractivity (Wildman–Crippen MR) is 76.9 cm³/mol. The molecule has 2 N–H and O–H groups in total. The van der Waals surface area contributed by atoms with Crippen molar-refractivity contribution >= 4 is 15.9 Å². The zero-order chi connectivity index (χ0) is 13.3. The maximum absolute atomic E-state index is 13.1. The van der Waals surface area contributed by atoms with E-state index in [9.17, 15) is 4.39 Å². The van der Waals surface area contributed by atoms with Crippen LogP contribution in [0.1, 0.15) is 38.7 Å². The largest absolute Gasteiger partial charge is 0.325 e. The second kappa shape index (κ2) is 5.30. The maximum atomic E-state index is 13.1. The number of hydrogen-bond donors (Lipinski definition) is 1. The molecule has 0 radical (unpaired) electrons. The summed E-state index contributed by atoms with van der Waals surface area (Å²) < 4.78 is 13.9. The standard InChI is InChI=1S/C15H21BrFN/c1-10-4-3-7-15(18,11(10)2)9-12-5-6-13(17)8-14(12)16/h5-6,8,10-11H,3-4,7,9,18H2,1-2H3. The average molecular weight is 314 g/mol. The van der Waals surface area contributed by atoms with Crippen LogP contribution in [0.25, 0.3) is 0 Å². The van der Waals surface area contributed by atoms with E-state index in [1.807, 2.05) is 6.07 Å². The van der Waals surface area contributed by atoms with Crippen molar-refractivity contribution in [2.24, 2.45) is 17.6 Å². The Labute approximate surface area is 117 Å². The van der Waals surface area contributed by atoms with Crippen LogP contribution in [0.3, 0.4) is 0 Å². The van der Waals surface area contributed by atoms with E-state index in [1.165, 1.54) is 25.0 Å². The number of nitrogens with two attached hydrogens (primary N) is 1. The first kappa shape index (κ1) is 14.0. The van der Waals surface area contributed by atoms with Crippen LogP contribution in [0.2, 0.25) is 0 Å². The van der Waals surface area contributed by atoms with Gasteiger partial charge in [0, 0.05) is 10.0 Å². The highest BCUT2D eigenvalue weighted by Crippen LogP contribution is 2.39. The van der Waals surface area contributed by atoms with Crippen molar-refractivity contribution in [3.63, 3.8) is 0 Å². The van der Waals surface area contributed by atoms with Crippen LogP contribution in [-0.4, -0.2) is 5.54 Å². The van der Waals surface area contributed by atoms with Crippen LogP contribution in [-0.2, 0) is 6.42 Å². The molecule has 3 heteroatoms. The van der Waals surface area contributed by atoms with E-state index in [-0.39, 0.29) is 11.4 Å². The van der Waals surface area contributed by atoms with Gasteiger partial charge in [-0.05, 0) is 42.4 Å². The van der Waals surface area contributed by atoms with Gasteiger partial charge in [-0.3, -0.25) is 0 Å². The summed E-state index contributed by atoms with van der Waals surface area (Å²) in [5, 5.41) is 0. The van der Waals surface area contributed by atoms with Crippen molar-refractivity contribution in [2.75, 3.05) is 0 Å². The molecule has 2 rings (SSSR count). The van der Waals surface area contributed by atoms with Crippen molar-refractivity contribution in [2.45, 2.75) is 45.1 Å². The van der Waals surface area contributed by atoms with Gasteiger partial charge in [0.2, 0.25) is 0 Å². The minimum atomic E-state index is -0.207. The lowest BCUT2D eigenvalue weighted by molar-refractivity contribution is 0.143. The molecule has 3 atom stereocenters. The molecule has 0 bridgehead atoms. The fourth-order valence-corrected chi connectivity index (χ4v) is 3.56. The Balaban J connectivity index is 2.21. The molecule has 18 heavy (non-hydrogen) atoms. The molecule has 3 unspecified atom stereocenters. The molecular weight excluding hydrogens is 293 g/mol. The van der Waals surface area contributed by atoms with Crippen LogP contribution in [0.4, 0.5) is 4.39 Å². The zero-order valence-corrected chi connectivity index (χ0v) is 12.6. The van der Waals surface area contributed by atoms with Crippen LogP contribution in [0.5, 0.6) is 0 Å². The third-order valence-electron chi connectivity index (χ3n) is 4.60. The molecule has 0 saturated heterocycles. The monoisotopic (exact) mass is 313 g/mol. The SMILES string of the molecule is CC1CCCC(N)(Cc2ccc(F)cc2Br)C1C. The van der Waals surface area contributed by atoms with Crippen molar-refractivity contribution < 1.29 is 4.39 Å². The van der Waals surface area contributed by atoms with Gasteiger partial charge in [0.15, 0.2) is 0 Å². The summed E-state index contributed by atoms with van der Waals surface area (Å²) in [7, 11) is 0. The Bertz CT molecular complexity index is 435. The van der Waals surface area contributed by atoms with E-state index in [0.29, 0.717) is 11.8 Å². The fraction of sp³-hybridized carbons (Fsp3) is 0.600. The Morgan fingerprint density at radius 3 is 2.83 bits per heavy atom. The van der Waals surface area contributed by atoms with Gasteiger partial charge >= 0.3 is 0 Å². The first-order valence-electron chi connectivity index (χ1n) is 6.65. The molecule has 1 aromatic carbocycles. The maximum Gasteiger partial charge on any atom is 0.124 e. The Morgan fingerprint density at radius 1 is 1.44 bits per heavy atom. The molecule has 1 aliphatic rings. The molecular formula is C15H21BrFN. The molecule has 1 aliphatic carbocycles. The van der Waals surface area contributed by atoms with Gasteiger partial charge in [0.05, 0.1) is 0 Å². The van der Waals surface area contributed by atoms with Gasteiger partial charge in [-0.2, -0.15) is 0 Å². The molecule has 1 saturated carbocycles. The molecule has 1 fully saturated rings. The average Bonchev–Trinajstić information content (AvgIpc) is 2.30. The van der Waals surface area contributed by atoms with Gasteiger partial charge in [-0.15, -0.1) is 0 Å². The van der Waals surface area contributed by atoms with E-state index in [4.69, 9.17) is 5.73 Å². The van der Waals surface area contributed by atoms with Crippen molar-refractivity contribution in [3.8, 4) is 0 Å². The topological polar surface area (TPSA) is 26.0 Å². The molecule has 100 valence electrons. The summed E-state index contributed by atoms with van der Waals surface area (Å²) in [6.45, 7) is 4.53. The van der Waals surface area contributed by atoms with Crippen LogP contribution in [0, 0.1) is 17.7 Å². The third-order valence-corrected chi connectivity index (χ3v) is 5.33. The first-order chi connectivity index (χ1) is 8.42. The molecule has 0 heterocycles. The molecule has 0 spiro atoms. The van der Waals surface area contributed by atoms with Gasteiger partial charge < -0.3 is 5.73 Å². The molecule has 0 aliphatic heterocycles. The zero-order valence-electron chi connectivity index (χ0n) is 11.0. The summed E-state index contributed by atoms with van der Waals surface area (Å²) in [6, 6.07) is 4.88. The third kappa shape index (κ3) is 2.77. The van der Waals surface area contributed by atoms with E-state index < -0.39 is 0 Å². The lowest BCUT2D eigenvalue weighted by atomic mass is 9.66. The minimum absolute atomic E-state index is 0.155. The predicted octanol–water partition coefficient (Wildman–Crippen LogP) is 4.28. The van der Waals surface area contributed by atoms with Crippen LogP contribution < -0.4 is 5.73 Å². The number of rotatable bonds is 2. The summed E-state index contributed by atoms with van der Waals surface area (Å²) in [5.41, 5.74) is 7.57. The lowest BCUT2D eigenvalue weighted by Crippen LogP contribution is -2.52. The van der Waals surface area contributed by atoms with Crippen molar-refractivity contribution in [1.82, 2.24) is 0 Å². The molecule has 0 aromatic heterocycles. The smallest absolute Gasteiger partial charge is 0.124 e. The van der Waals surface area contributed by atoms with Gasteiger partial charge in [-0.1, -0.05) is 48.7 Å². The Hall–Kier alpha value is -0.410. The summed E-state index contributed by atoms with van der Waals surface area (Å²) in [4.78, 5) is 0. The first-order valence-corrected chi connectivity index (χ1v) is 7.44. The lowest BCUT2D eigenvalue weighted by Gasteiger charge is -2.43. The minimum Gasteiger partial charge on any atom is -0.325 e. The highest BCUT2D eigenvalue weighted by atomic mass is 79.9. The van der Waals surface area contributed by atoms with Crippen LogP contribution in [0.15, 0.2) is 22.7 Å². The molecule has 1 aromatic rings. The van der Waals surface area contributed by atoms with Crippen molar-refractivity contribution in [1.29, 1.82) is 0 Å². The van der Waals surface area contributed by atoms with E-state index in [0.717, 1.165) is 22.9 Å². The van der Waals surface area contributed by atoms with Gasteiger partial charge in [0.1, 0.15) is 5.82 Å². The summed E-state index contributed by atoms with van der Waals surface area (Å²) in [6.07, 6.45) is 4.34. The second-order valence-electron chi connectivity index (χ2n) is 5.80. The van der Waals surface area contributed by atoms with E-state index in [2.05, 4.69) is 29.8 Å². The Morgan fingerprint density at radius 2 is 2.17 bits per heavy atom. The van der Waals surface area contributed by atoms with Gasteiger partial charge in [0.25, 0.3) is 0 Å². The normalized spacial score (nSPS) is 32.5. The fourth-order valence-electron chi connectivity index (χ4n) is 3.07. The number of hydrogen-bond acceptors (Lipinski definition) is 1. The summed E-state index contributed by atoms with van der Waals surface area (Å²) >= 11 is 3.44.